The van der Waals surface area contributed by atoms with Crippen LogP contribution in [0.1, 0.15) is 0 Å². The number of rotatable bonds is 6. The Labute approximate surface area is 142 Å². The van der Waals surface area contributed by atoms with Gasteiger partial charge in [0.1, 0.15) is 0 Å². The van der Waals surface area contributed by atoms with E-state index in [2.05, 4.69) is 9.47 Å². The van der Waals surface area contributed by atoms with Crippen LogP contribution >= 0.6 is 0 Å². The number of halogens is 6. The van der Waals surface area contributed by atoms with Crippen LogP contribution in [0.5, 0.6) is 0 Å². The molecule has 144 valence electrons. The highest BCUT2D eigenvalue weighted by Gasteiger charge is 2.35. The predicted molar refractivity (Wildman–Crippen MR) is 73.7 cm³/mol. The molecule has 0 fully saturated rings. The van der Waals surface area contributed by atoms with Crippen molar-refractivity contribution in [2.24, 2.45) is 0 Å². The van der Waals surface area contributed by atoms with Gasteiger partial charge >= 0.3 is 18.3 Å². The Morgan fingerprint density at radius 1 is 0.923 bits per heavy atom. The van der Waals surface area contributed by atoms with E-state index >= 15 is 0 Å². The number of benzene rings is 1. The largest absolute Gasteiger partial charge is 0.480 e. The van der Waals surface area contributed by atoms with Crippen LogP contribution in [0.3, 0.4) is 0 Å². The number of carbonyl (C=O) groups is 2. The van der Waals surface area contributed by atoms with Crippen molar-refractivity contribution < 1.29 is 50.5 Å². The molecule has 0 bridgehead atoms. The molecule has 0 radical (unpaired) electrons. The van der Waals surface area contributed by atoms with Crippen molar-refractivity contribution >= 4 is 17.6 Å². The minimum atomic E-state index is -4.96. The number of alkyl halides is 6. The van der Waals surface area contributed by atoms with Crippen LogP contribution in [0.15, 0.2) is 41.9 Å². The Balaban J connectivity index is 3.03. The van der Waals surface area contributed by atoms with Crippen molar-refractivity contribution in [3.8, 4) is 0 Å². The van der Waals surface area contributed by atoms with Crippen molar-refractivity contribution in [2.45, 2.75) is 12.4 Å². The van der Waals surface area contributed by atoms with Gasteiger partial charge in [0.05, 0.1) is 0 Å². The molecule has 0 spiro atoms. The first-order valence-corrected chi connectivity index (χ1v) is 6.62. The quantitative estimate of drug-likeness (QED) is 0.196. The van der Waals surface area contributed by atoms with Crippen LogP contribution in [0.4, 0.5) is 32.0 Å². The summed E-state index contributed by atoms with van der Waals surface area (Å²) in [5.41, 5.74) is -1.51. The first-order valence-electron chi connectivity index (χ1n) is 6.62. The molecule has 0 saturated carbocycles. The van der Waals surface area contributed by atoms with Crippen LogP contribution in [0.2, 0.25) is 0 Å². The Bertz CT molecular complexity index is 669. The van der Waals surface area contributed by atoms with Gasteiger partial charge in [-0.2, -0.15) is 26.3 Å². The number of carbonyl (C=O) groups excluding carboxylic acids is 2. The molecule has 1 aromatic carbocycles. The molecular weight excluding hydrogens is 376 g/mol. The van der Waals surface area contributed by atoms with E-state index in [9.17, 15) is 41.0 Å². The standard InChI is InChI=1S/C14H11F6NO5/c15-13(16,17)6-25-11(23)9(12(24)26-7-14(18,19)20)10(22)21-8-4-2-1-3-5-8/h1-5,23H,6-7H2,(H,21,22)/b11-9-. The minimum absolute atomic E-state index is 0.0437. The Kier molecular flexibility index (Phi) is 6.86. The smallest absolute Gasteiger partial charge is 0.422 e. The number of amides is 1. The van der Waals surface area contributed by atoms with Crippen molar-refractivity contribution in [3.05, 3.63) is 41.9 Å². The summed E-state index contributed by atoms with van der Waals surface area (Å²) in [6.45, 7) is -4.21. The van der Waals surface area contributed by atoms with E-state index in [1.54, 1.807) is 6.07 Å². The fourth-order valence-corrected chi connectivity index (χ4v) is 1.43. The van der Waals surface area contributed by atoms with Crippen molar-refractivity contribution in [2.75, 3.05) is 18.5 Å². The number of nitrogens with one attached hydrogen (secondary N) is 1. The second-order valence-corrected chi connectivity index (χ2v) is 4.60. The van der Waals surface area contributed by atoms with Crippen LogP contribution in [0, 0.1) is 0 Å². The number of aliphatic hydroxyl groups excluding tert-OH is 1. The molecule has 0 atom stereocenters. The average molecular weight is 387 g/mol. The molecule has 26 heavy (non-hydrogen) atoms. The maximum atomic E-state index is 12.1. The molecule has 0 aliphatic carbocycles. The third-order valence-corrected chi connectivity index (χ3v) is 2.42. The highest BCUT2D eigenvalue weighted by atomic mass is 19.4. The molecule has 0 aromatic heterocycles. The van der Waals surface area contributed by atoms with E-state index in [0.29, 0.717) is 0 Å². The minimum Gasteiger partial charge on any atom is -0.480 e. The van der Waals surface area contributed by atoms with Crippen molar-refractivity contribution in [1.29, 1.82) is 0 Å². The lowest BCUT2D eigenvalue weighted by Crippen LogP contribution is -2.29. The SMILES string of the molecule is O=C(Nc1ccccc1)/C(C(=O)OCC(F)(F)F)=C(\O)OCC(F)(F)F. The van der Waals surface area contributed by atoms with E-state index < -0.39 is 49.0 Å². The third kappa shape index (κ3) is 7.77. The zero-order valence-electron chi connectivity index (χ0n) is 12.6. The summed E-state index contributed by atoms with van der Waals surface area (Å²) in [5, 5.41) is 11.4. The molecule has 12 heteroatoms. The maximum Gasteiger partial charge on any atom is 0.422 e. The number of hydrogen-bond donors (Lipinski definition) is 2. The summed E-state index contributed by atoms with van der Waals surface area (Å²) in [6.07, 6.45) is -9.90. The van der Waals surface area contributed by atoms with E-state index in [1.165, 1.54) is 24.3 Å². The second kappa shape index (κ2) is 8.45. The highest BCUT2D eigenvalue weighted by Crippen LogP contribution is 2.20. The van der Waals surface area contributed by atoms with Crippen LogP contribution in [-0.2, 0) is 19.1 Å². The van der Waals surface area contributed by atoms with Gasteiger partial charge in [0.2, 0.25) is 5.57 Å². The molecule has 1 amide bonds. The summed E-state index contributed by atoms with van der Waals surface area (Å²) in [4.78, 5) is 23.6. The first-order chi connectivity index (χ1) is 11.9. The number of anilines is 1. The molecule has 2 N–H and O–H groups in total. The molecule has 1 rings (SSSR count). The van der Waals surface area contributed by atoms with Gasteiger partial charge in [-0.3, -0.25) is 4.79 Å². The fraction of sp³-hybridized carbons (Fsp3) is 0.286. The van der Waals surface area contributed by atoms with Gasteiger partial charge in [0.25, 0.3) is 11.9 Å². The van der Waals surface area contributed by atoms with Crippen LogP contribution in [-0.4, -0.2) is 42.5 Å². The van der Waals surface area contributed by atoms with Gasteiger partial charge in [-0.05, 0) is 12.1 Å². The molecule has 1 aromatic rings. The molecule has 0 unspecified atom stereocenters. The lowest BCUT2D eigenvalue weighted by Gasteiger charge is -2.13. The number of aliphatic hydroxyl groups is 1. The zero-order valence-corrected chi connectivity index (χ0v) is 12.6. The number of esters is 1. The zero-order chi connectivity index (χ0) is 20.0. The molecule has 0 aliphatic rings. The summed E-state index contributed by atoms with van der Waals surface area (Å²) in [7, 11) is 0. The summed E-state index contributed by atoms with van der Waals surface area (Å²) >= 11 is 0. The second-order valence-electron chi connectivity index (χ2n) is 4.60. The average Bonchev–Trinajstić information content (AvgIpc) is 2.51. The molecule has 6 nitrogen and oxygen atoms in total. The Morgan fingerprint density at radius 3 is 1.92 bits per heavy atom. The third-order valence-electron chi connectivity index (χ3n) is 2.42. The topological polar surface area (TPSA) is 84.9 Å². The fourth-order valence-electron chi connectivity index (χ4n) is 1.43. The monoisotopic (exact) mass is 387 g/mol. The van der Waals surface area contributed by atoms with Crippen molar-refractivity contribution in [1.82, 2.24) is 0 Å². The molecule has 0 heterocycles. The molecular formula is C14H11F6NO5. The maximum absolute atomic E-state index is 12.1. The van der Waals surface area contributed by atoms with Gasteiger partial charge < -0.3 is 19.9 Å². The van der Waals surface area contributed by atoms with E-state index in [-0.39, 0.29) is 5.69 Å². The van der Waals surface area contributed by atoms with Gasteiger partial charge in [0, 0.05) is 5.69 Å². The van der Waals surface area contributed by atoms with E-state index in [4.69, 9.17) is 0 Å². The normalized spacial score (nSPS) is 12.8. The van der Waals surface area contributed by atoms with Crippen LogP contribution in [0.25, 0.3) is 0 Å². The predicted octanol–water partition coefficient (Wildman–Crippen LogP) is 3.08. The van der Waals surface area contributed by atoms with Gasteiger partial charge in [-0.15, -0.1) is 0 Å². The van der Waals surface area contributed by atoms with Gasteiger partial charge in [-0.25, -0.2) is 4.79 Å². The summed E-state index contributed by atoms with van der Waals surface area (Å²) in [6, 6.07) is 7.06. The van der Waals surface area contributed by atoms with Gasteiger partial charge in [0.15, 0.2) is 13.2 Å². The van der Waals surface area contributed by atoms with Crippen molar-refractivity contribution in [3.63, 3.8) is 0 Å². The number of hydrogen-bond acceptors (Lipinski definition) is 5. The molecule has 0 saturated heterocycles. The summed E-state index contributed by atoms with van der Waals surface area (Å²) in [5.74, 6) is -5.37. The molecule has 0 aliphatic heterocycles. The number of para-hydroxylation sites is 1. The Morgan fingerprint density at radius 2 is 1.42 bits per heavy atom. The van der Waals surface area contributed by atoms with Gasteiger partial charge in [-0.1, -0.05) is 18.2 Å². The number of ether oxygens (including phenoxy) is 2. The lowest BCUT2D eigenvalue weighted by atomic mass is 10.2. The first kappa shape index (κ1) is 21.1. The van der Waals surface area contributed by atoms with Crippen LogP contribution < -0.4 is 5.32 Å². The highest BCUT2D eigenvalue weighted by molar-refractivity contribution is 6.21. The summed E-state index contributed by atoms with van der Waals surface area (Å²) < 4.78 is 80.2. The van der Waals surface area contributed by atoms with E-state index in [1.807, 2.05) is 5.32 Å². The van der Waals surface area contributed by atoms with E-state index in [0.717, 1.165) is 0 Å². The lowest BCUT2D eigenvalue weighted by molar-refractivity contribution is -0.185. The Hall–Kier alpha value is -2.92.